The number of carbonyl (C=O) groups excluding carboxylic acids is 1. The highest BCUT2D eigenvalue weighted by Gasteiger charge is 2.27. The minimum Gasteiger partial charge on any atom is -0.496 e. The van der Waals surface area contributed by atoms with Crippen molar-refractivity contribution in [3.63, 3.8) is 0 Å². The number of anilines is 1. The number of amides is 1. The molecule has 0 bridgehead atoms. The Hall–Kier alpha value is -3.81. The number of methoxy groups -OCH3 is 1. The van der Waals surface area contributed by atoms with E-state index in [4.69, 9.17) is 16.3 Å². The fraction of sp³-hybridized carbons (Fsp3) is 0.265. The molecule has 0 saturated carbocycles. The number of ether oxygens (including phenoxy) is 1. The molecule has 1 amide bonds. The van der Waals surface area contributed by atoms with Crippen molar-refractivity contribution in [2.75, 3.05) is 11.4 Å². The van der Waals surface area contributed by atoms with Crippen LogP contribution < -0.4 is 14.4 Å². The molecular formula is C34H37ClN2O4S. The molecule has 4 aromatic carbocycles. The number of nitrogens with one attached hydrogen (secondary N) is 1. The van der Waals surface area contributed by atoms with Gasteiger partial charge in [0.25, 0.3) is 15.9 Å². The Morgan fingerprint density at radius 3 is 2.17 bits per heavy atom. The fourth-order valence-corrected chi connectivity index (χ4v) is 6.66. The first-order valence-corrected chi connectivity index (χ1v) is 15.7. The van der Waals surface area contributed by atoms with E-state index in [0.717, 1.165) is 33.6 Å². The van der Waals surface area contributed by atoms with Crippen molar-refractivity contribution in [3.05, 3.63) is 123 Å². The fourth-order valence-electron chi connectivity index (χ4n) is 4.97. The number of nitrogens with zero attached hydrogens (tertiary/aromatic N) is 1. The minimum absolute atomic E-state index is 0.0692. The monoisotopic (exact) mass is 604 g/mol. The van der Waals surface area contributed by atoms with Crippen LogP contribution in [0.15, 0.2) is 89.8 Å². The standard InChI is InChI=1S/C34H37ClN2O4S/c1-22(2)30-20-31(24(4)18-33(30)41-6)25(5)36-34(38)27-15-13-26(14-16-27)21-37(32-19-28(35)17-12-23(32)3)42(39,40)29-10-8-7-9-11-29/h7-20,22,25H,21H2,1-6H3,(H,36,38)/t25-/m1/s1. The van der Waals surface area contributed by atoms with E-state index in [1.165, 1.54) is 4.31 Å². The van der Waals surface area contributed by atoms with Crippen LogP contribution in [0.4, 0.5) is 5.69 Å². The van der Waals surface area contributed by atoms with Crippen LogP contribution in [0.3, 0.4) is 0 Å². The zero-order chi connectivity index (χ0) is 30.6. The maximum absolute atomic E-state index is 13.8. The summed E-state index contributed by atoms with van der Waals surface area (Å²) in [5.41, 5.74) is 5.64. The van der Waals surface area contributed by atoms with Gasteiger partial charge in [-0.05, 0) is 103 Å². The molecule has 0 aliphatic heterocycles. The lowest BCUT2D eigenvalue weighted by Crippen LogP contribution is -2.31. The molecule has 0 aromatic heterocycles. The molecule has 0 radical (unpaired) electrons. The number of hydrogen-bond acceptors (Lipinski definition) is 4. The SMILES string of the molecule is COc1cc(C)c([C@@H](C)NC(=O)c2ccc(CN(c3cc(Cl)ccc3C)S(=O)(=O)c3ccccc3)cc2)cc1C(C)C. The van der Waals surface area contributed by atoms with E-state index in [2.05, 4.69) is 25.2 Å². The van der Waals surface area contributed by atoms with Gasteiger partial charge in [-0.3, -0.25) is 9.10 Å². The second-order valence-corrected chi connectivity index (χ2v) is 13.1. The third kappa shape index (κ3) is 6.80. The van der Waals surface area contributed by atoms with Crippen LogP contribution in [0.5, 0.6) is 5.75 Å². The molecule has 0 aliphatic rings. The lowest BCUT2D eigenvalue weighted by molar-refractivity contribution is 0.0939. The average molecular weight is 605 g/mol. The summed E-state index contributed by atoms with van der Waals surface area (Å²) in [4.78, 5) is 13.4. The third-order valence-electron chi connectivity index (χ3n) is 7.37. The van der Waals surface area contributed by atoms with Crippen molar-refractivity contribution in [3.8, 4) is 5.75 Å². The summed E-state index contributed by atoms with van der Waals surface area (Å²) >= 11 is 6.28. The van der Waals surface area contributed by atoms with Gasteiger partial charge < -0.3 is 10.1 Å². The average Bonchev–Trinajstić information content (AvgIpc) is 2.97. The van der Waals surface area contributed by atoms with Gasteiger partial charge in [-0.2, -0.15) is 0 Å². The molecular weight excluding hydrogens is 568 g/mol. The molecule has 6 nitrogen and oxygen atoms in total. The van der Waals surface area contributed by atoms with Crippen LogP contribution in [0, 0.1) is 13.8 Å². The Bertz CT molecular complexity index is 1670. The number of rotatable bonds is 10. The Morgan fingerprint density at radius 2 is 1.55 bits per heavy atom. The van der Waals surface area contributed by atoms with Crippen LogP contribution in [-0.2, 0) is 16.6 Å². The number of carbonyl (C=O) groups is 1. The summed E-state index contributed by atoms with van der Waals surface area (Å²) in [7, 11) is -2.23. The van der Waals surface area contributed by atoms with Crippen molar-refractivity contribution in [2.24, 2.45) is 0 Å². The minimum atomic E-state index is -3.90. The third-order valence-corrected chi connectivity index (χ3v) is 9.38. The van der Waals surface area contributed by atoms with E-state index in [1.807, 2.05) is 26.8 Å². The first-order chi connectivity index (χ1) is 19.9. The molecule has 0 fully saturated rings. The van der Waals surface area contributed by atoms with Crippen molar-refractivity contribution < 1.29 is 17.9 Å². The second-order valence-electron chi connectivity index (χ2n) is 10.8. The maximum atomic E-state index is 13.8. The molecule has 4 aromatic rings. The number of benzene rings is 4. The molecule has 0 heterocycles. The molecule has 1 N–H and O–H groups in total. The van der Waals surface area contributed by atoms with Crippen LogP contribution >= 0.6 is 11.6 Å². The summed E-state index contributed by atoms with van der Waals surface area (Å²) in [6.07, 6.45) is 0. The molecule has 42 heavy (non-hydrogen) atoms. The molecule has 1 atom stereocenters. The first-order valence-electron chi connectivity index (χ1n) is 13.8. The van der Waals surface area contributed by atoms with Gasteiger partial charge in [0.1, 0.15) is 5.75 Å². The molecule has 0 saturated heterocycles. The first kappa shape index (κ1) is 31.1. The molecule has 4 rings (SSSR count). The van der Waals surface area contributed by atoms with Gasteiger partial charge in [0.05, 0.1) is 30.3 Å². The van der Waals surface area contributed by atoms with Crippen LogP contribution in [0.1, 0.15) is 70.9 Å². The Labute approximate surface area is 254 Å². The van der Waals surface area contributed by atoms with Crippen LogP contribution in [-0.4, -0.2) is 21.4 Å². The molecule has 0 unspecified atom stereocenters. The van der Waals surface area contributed by atoms with E-state index >= 15 is 0 Å². The van der Waals surface area contributed by atoms with Gasteiger partial charge in [-0.15, -0.1) is 0 Å². The summed E-state index contributed by atoms with van der Waals surface area (Å²) < 4.78 is 34.5. The van der Waals surface area contributed by atoms with Gasteiger partial charge in [-0.1, -0.05) is 61.8 Å². The summed E-state index contributed by atoms with van der Waals surface area (Å²) in [5, 5.41) is 3.54. The van der Waals surface area contributed by atoms with E-state index < -0.39 is 10.0 Å². The smallest absolute Gasteiger partial charge is 0.264 e. The van der Waals surface area contributed by atoms with Crippen molar-refractivity contribution in [2.45, 2.75) is 58.0 Å². The van der Waals surface area contributed by atoms with Gasteiger partial charge in [0.2, 0.25) is 0 Å². The van der Waals surface area contributed by atoms with Crippen LogP contribution in [0.2, 0.25) is 5.02 Å². The second kappa shape index (κ2) is 13.0. The molecule has 8 heteroatoms. The lowest BCUT2D eigenvalue weighted by Gasteiger charge is -2.26. The zero-order valence-electron chi connectivity index (χ0n) is 24.8. The number of hydrogen-bond donors (Lipinski definition) is 1. The molecule has 0 aliphatic carbocycles. The number of halogens is 1. The normalized spacial score (nSPS) is 12.2. The van der Waals surface area contributed by atoms with Gasteiger partial charge in [0.15, 0.2) is 0 Å². The van der Waals surface area contributed by atoms with E-state index in [0.29, 0.717) is 16.3 Å². The van der Waals surface area contributed by atoms with Crippen molar-refractivity contribution >= 4 is 33.2 Å². The largest absolute Gasteiger partial charge is 0.496 e. The topological polar surface area (TPSA) is 75.7 Å². The van der Waals surface area contributed by atoms with Gasteiger partial charge in [-0.25, -0.2) is 8.42 Å². The lowest BCUT2D eigenvalue weighted by atomic mass is 9.93. The predicted octanol–water partition coefficient (Wildman–Crippen LogP) is 7.98. The highest BCUT2D eigenvalue weighted by molar-refractivity contribution is 7.92. The quantitative estimate of drug-likeness (QED) is 0.199. The van der Waals surface area contributed by atoms with Gasteiger partial charge in [0, 0.05) is 10.6 Å². The van der Waals surface area contributed by atoms with Crippen molar-refractivity contribution in [1.82, 2.24) is 5.32 Å². The zero-order valence-corrected chi connectivity index (χ0v) is 26.4. The Balaban J connectivity index is 1.58. The van der Waals surface area contributed by atoms with Crippen LogP contribution in [0.25, 0.3) is 0 Å². The van der Waals surface area contributed by atoms with E-state index in [1.54, 1.807) is 79.9 Å². The van der Waals surface area contributed by atoms with Crippen molar-refractivity contribution in [1.29, 1.82) is 0 Å². The molecule has 0 spiro atoms. The summed E-state index contributed by atoms with van der Waals surface area (Å²) in [6.45, 7) is 10.1. The summed E-state index contributed by atoms with van der Waals surface area (Å²) in [5.74, 6) is 0.905. The van der Waals surface area contributed by atoms with Gasteiger partial charge >= 0.3 is 0 Å². The number of aryl methyl sites for hydroxylation is 2. The Morgan fingerprint density at radius 1 is 0.881 bits per heavy atom. The summed E-state index contributed by atoms with van der Waals surface area (Å²) in [6, 6.07) is 24.4. The van der Waals surface area contributed by atoms with E-state index in [9.17, 15) is 13.2 Å². The Kier molecular flexibility index (Phi) is 9.64. The predicted molar refractivity (Wildman–Crippen MR) is 170 cm³/mol. The maximum Gasteiger partial charge on any atom is 0.264 e. The highest BCUT2D eigenvalue weighted by Crippen LogP contribution is 2.33. The van der Waals surface area contributed by atoms with E-state index in [-0.39, 0.29) is 29.3 Å². The highest BCUT2D eigenvalue weighted by atomic mass is 35.5. The molecule has 220 valence electrons. The number of sulfonamides is 1.